The Morgan fingerprint density at radius 3 is 2.40 bits per heavy atom. The van der Waals surface area contributed by atoms with Crippen molar-refractivity contribution in [2.45, 2.75) is 25.2 Å². The molecule has 0 bridgehead atoms. The van der Waals surface area contributed by atoms with Crippen molar-refractivity contribution in [2.24, 2.45) is 5.92 Å². The molecule has 2 aromatic rings. The minimum absolute atomic E-state index is 0.0389. The predicted molar refractivity (Wildman–Crippen MR) is 114 cm³/mol. The van der Waals surface area contributed by atoms with E-state index in [2.05, 4.69) is 10.0 Å². The second-order valence-corrected chi connectivity index (χ2v) is 8.83. The van der Waals surface area contributed by atoms with Crippen molar-refractivity contribution in [3.63, 3.8) is 0 Å². The molecule has 0 aliphatic carbocycles. The van der Waals surface area contributed by atoms with Crippen LogP contribution < -0.4 is 19.7 Å². The van der Waals surface area contributed by atoms with Crippen LogP contribution in [0.3, 0.4) is 0 Å². The summed E-state index contributed by atoms with van der Waals surface area (Å²) in [6.07, 6.45) is 0.275. The highest BCUT2D eigenvalue weighted by atomic mass is 32.2. The number of hydrogen-bond acceptors (Lipinski definition) is 5. The fourth-order valence-corrected chi connectivity index (χ4v) is 4.40. The van der Waals surface area contributed by atoms with Crippen LogP contribution in [0.2, 0.25) is 0 Å². The summed E-state index contributed by atoms with van der Waals surface area (Å²) in [6.45, 7) is 4.46. The molecule has 1 fully saturated rings. The second-order valence-electron chi connectivity index (χ2n) is 7.06. The maximum absolute atomic E-state index is 12.5. The number of hydrogen-bond donors (Lipinski definition) is 2. The molecule has 8 nitrogen and oxygen atoms in total. The van der Waals surface area contributed by atoms with Gasteiger partial charge in [0, 0.05) is 37.8 Å². The van der Waals surface area contributed by atoms with Crippen molar-refractivity contribution in [3.8, 4) is 5.75 Å². The van der Waals surface area contributed by atoms with Crippen LogP contribution in [0.4, 0.5) is 11.4 Å². The third kappa shape index (κ3) is 5.37. The van der Waals surface area contributed by atoms with Gasteiger partial charge in [0.1, 0.15) is 5.75 Å². The molecule has 2 aromatic carbocycles. The standard InChI is InChI=1S/C21H25N3O5S/c1-3-29-19-8-6-18(7-9-19)24-14-16(12-21(24)26)13-22-30(27,28)20-10-4-17(5-11-20)23-15(2)25/h4-11,16,22H,3,12-14H2,1-2H3,(H,23,25)/t16-/m1/s1. The molecule has 3 rings (SSSR count). The first-order valence-corrected chi connectivity index (χ1v) is 11.2. The van der Waals surface area contributed by atoms with Crippen LogP contribution in [0.5, 0.6) is 5.75 Å². The highest BCUT2D eigenvalue weighted by molar-refractivity contribution is 7.89. The normalized spacial score (nSPS) is 16.5. The molecule has 0 saturated carbocycles. The molecule has 1 atom stereocenters. The molecule has 1 saturated heterocycles. The van der Waals surface area contributed by atoms with Gasteiger partial charge >= 0.3 is 0 Å². The van der Waals surface area contributed by atoms with E-state index in [0.29, 0.717) is 18.8 Å². The summed E-state index contributed by atoms with van der Waals surface area (Å²) >= 11 is 0. The van der Waals surface area contributed by atoms with Crippen molar-refractivity contribution in [2.75, 3.05) is 29.9 Å². The van der Waals surface area contributed by atoms with Crippen molar-refractivity contribution >= 4 is 33.2 Å². The lowest BCUT2D eigenvalue weighted by Crippen LogP contribution is -2.31. The van der Waals surface area contributed by atoms with E-state index in [-0.39, 0.29) is 35.6 Å². The Kier molecular flexibility index (Phi) is 6.73. The zero-order valence-electron chi connectivity index (χ0n) is 16.9. The second kappa shape index (κ2) is 9.27. The van der Waals surface area contributed by atoms with Gasteiger partial charge in [-0.3, -0.25) is 9.59 Å². The average molecular weight is 432 g/mol. The Bertz CT molecular complexity index is 1000. The number of anilines is 2. The van der Waals surface area contributed by atoms with E-state index in [1.807, 2.05) is 31.2 Å². The van der Waals surface area contributed by atoms with Crippen LogP contribution in [0.15, 0.2) is 53.4 Å². The monoisotopic (exact) mass is 431 g/mol. The number of rotatable bonds is 8. The number of amides is 2. The van der Waals surface area contributed by atoms with Gasteiger partial charge in [-0.15, -0.1) is 0 Å². The van der Waals surface area contributed by atoms with Gasteiger partial charge in [-0.1, -0.05) is 0 Å². The van der Waals surface area contributed by atoms with Crippen molar-refractivity contribution < 1.29 is 22.7 Å². The molecule has 160 valence electrons. The quantitative estimate of drug-likeness (QED) is 0.668. The summed E-state index contributed by atoms with van der Waals surface area (Å²) < 4.78 is 33.1. The van der Waals surface area contributed by atoms with Crippen molar-refractivity contribution in [1.82, 2.24) is 4.72 Å². The van der Waals surface area contributed by atoms with Crippen LogP contribution in [-0.2, 0) is 19.6 Å². The van der Waals surface area contributed by atoms with E-state index in [9.17, 15) is 18.0 Å². The van der Waals surface area contributed by atoms with Gasteiger partial charge < -0.3 is 15.0 Å². The van der Waals surface area contributed by atoms with Gasteiger partial charge in [0.05, 0.1) is 11.5 Å². The maximum atomic E-state index is 12.5. The van der Waals surface area contributed by atoms with E-state index >= 15 is 0 Å². The third-order valence-corrected chi connectivity index (χ3v) is 6.15. The van der Waals surface area contributed by atoms with E-state index in [4.69, 9.17) is 4.74 Å². The summed E-state index contributed by atoms with van der Waals surface area (Å²) in [6, 6.07) is 13.2. The highest BCUT2D eigenvalue weighted by Gasteiger charge is 2.31. The molecule has 1 aliphatic heterocycles. The van der Waals surface area contributed by atoms with Crippen LogP contribution in [0, 0.1) is 5.92 Å². The van der Waals surface area contributed by atoms with Gasteiger partial charge in [-0.25, -0.2) is 13.1 Å². The van der Waals surface area contributed by atoms with Gasteiger partial charge in [0.15, 0.2) is 0 Å². The fraction of sp³-hybridized carbons (Fsp3) is 0.333. The van der Waals surface area contributed by atoms with Crippen molar-refractivity contribution in [3.05, 3.63) is 48.5 Å². The van der Waals surface area contributed by atoms with Gasteiger partial charge in [0.2, 0.25) is 21.8 Å². The molecule has 0 spiro atoms. The Hall–Kier alpha value is -2.91. The predicted octanol–water partition coefficient (Wildman–Crippen LogP) is 2.38. The summed E-state index contributed by atoms with van der Waals surface area (Å²) in [7, 11) is -3.71. The molecule has 2 N–H and O–H groups in total. The minimum Gasteiger partial charge on any atom is -0.494 e. The van der Waals surface area contributed by atoms with Gasteiger partial charge in [0.25, 0.3) is 0 Å². The van der Waals surface area contributed by atoms with E-state index in [0.717, 1.165) is 11.4 Å². The topological polar surface area (TPSA) is 105 Å². The van der Waals surface area contributed by atoms with Crippen LogP contribution in [0.1, 0.15) is 20.3 Å². The molecule has 2 amide bonds. The smallest absolute Gasteiger partial charge is 0.240 e. The van der Waals surface area contributed by atoms with Crippen LogP contribution >= 0.6 is 0 Å². The number of nitrogens with one attached hydrogen (secondary N) is 2. The number of benzene rings is 2. The number of carbonyl (C=O) groups excluding carboxylic acids is 2. The maximum Gasteiger partial charge on any atom is 0.240 e. The SMILES string of the molecule is CCOc1ccc(N2C[C@@H](CNS(=O)(=O)c3ccc(NC(C)=O)cc3)CC2=O)cc1. The Morgan fingerprint density at radius 2 is 1.80 bits per heavy atom. The number of carbonyl (C=O) groups is 2. The number of ether oxygens (including phenoxy) is 1. The summed E-state index contributed by atoms with van der Waals surface area (Å²) in [5.74, 6) is 0.342. The third-order valence-electron chi connectivity index (χ3n) is 4.71. The summed E-state index contributed by atoms with van der Waals surface area (Å²) in [4.78, 5) is 25.2. The Balaban J connectivity index is 1.59. The lowest BCUT2D eigenvalue weighted by molar-refractivity contribution is -0.117. The van der Waals surface area contributed by atoms with E-state index in [1.54, 1.807) is 4.90 Å². The molecular formula is C21H25N3O5S. The minimum atomic E-state index is -3.71. The molecule has 1 aliphatic rings. The summed E-state index contributed by atoms with van der Waals surface area (Å²) in [5, 5.41) is 2.59. The zero-order valence-corrected chi connectivity index (χ0v) is 17.7. The Labute approximate surface area is 176 Å². The first-order valence-electron chi connectivity index (χ1n) is 9.69. The molecule has 9 heteroatoms. The molecule has 1 heterocycles. The van der Waals surface area contributed by atoms with Gasteiger partial charge in [-0.2, -0.15) is 0 Å². The van der Waals surface area contributed by atoms with Crippen LogP contribution in [-0.4, -0.2) is 39.9 Å². The van der Waals surface area contributed by atoms with E-state index in [1.165, 1.54) is 31.2 Å². The summed E-state index contributed by atoms with van der Waals surface area (Å²) in [5.41, 5.74) is 1.29. The first kappa shape index (κ1) is 21.8. The fourth-order valence-electron chi connectivity index (χ4n) is 3.29. The molecular weight excluding hydrogens is 406 g/mol. The molecule has 0 radical (unpaired) electrons. The van der Waals surface area contributed by atoms with Crippen molar-refractivity contribution in [1.29, 1.82) is 0 Å². The average Bonchev–Trinajstić information content (AvgIpc) is 3.08. The first-order chi connectivity index (χ1) is 14.3. The zero-order chi connectivity index (χ0) is 21.7. The van der Waals surface area contributed by atoms with Crippen LogP contribution in [0.25, 0.3) is 0 Å². The van der Waals surface area contributed by atoms with E-state index < -0.39 is 10.0 Å². The molecule has 0 aromatic heterocycles. The largest absolute Gasteiger partial charge is 0.494 e. The number of sulfonamides is 1. The Morgan fingerprint density at radius 1 is 1.13 bits per heavy atom. The lowest BCUT2D eigenvalue weighted by atomic mass is 10.1. The molecule has 0 unspecified atom stereocenters. The van der Waals surface area contributed by atoms with Gasteiger partial charge in [-0.05, 0) is 61.4 Å². The number of nitrogens with zero attached hydrogens (tertiary/aromatic N) is 1. The highest BCUT2D eigenvalue weighted by Crippen LogP contribution is 2.27. The molecule has 30 heavy (non-hydrogen) atoms. The lowest BCUT2D eigenvalue weighted by Gasteiger charge is -2.17.